The molecule has 3 heterocycles. The summed E-state index contributed by atoms with van der Waals surface area (Å²) in [5.41, 5.74) is 1.12. The molecule has 2 aromatic rings. The van der Waals surface area contributed by atoms with Crippen LogP contribution in [0.3, 0.4) is 0 Å². The fraction of sp³-hybridized carbons (Fsp3) is 0.526. The zero-order valence-electron chi connectivity index (χ0n) is 15.9. The second-order valence-electron chi connectivity index (χ2n) is 6.98. The Labute approximate surface area is 158 Å². The van der Waals surface area contributed by atoms with E-state index >= 15 is 0 Å². The van der Waals surface area contributed by atoms with Crippen molar-refractivity contribution >= 4 is 11.8 Å². The van der Waals surface area contributed by atoms with Gasteiger partial charge in [-0.2, -0.15) is 5.10 Å². The first kappa shape index (κ1) is 19.2. The number of hydrogen-bond donors (Lipinski definition) is 2. The van der Waals surface area contributed by atoms with Gasteiger partial charge in [0.25, 0.3) is 0 Å². The van der Waals surface area contributed by atoms with E-state index in [1.807, 2.05) is 48.0 Å². The van der Waals surface area contributed by atoms with Gasteiger partial charge < -0.3 is 15.1 Å². The molecule has 27 heavy (non-hydrogen) atoms. The number of furan rings is 1. The molecule has 0 aliphatic carbocycles. The van der Waals surface area contributed by atoms with Crippen molar-refractivity contribution in [1.29, 1.82) is 0 Å². The lowest BCUT2D eigenvalue weighted by atomic mass is 10.1. The van der Waals surface area contributed by atoms with E-state index in [-0.39, 0.29) is 18.2 Å². The molecule has 0 aromatic carbocycles. The summed E-state index contributed by atoms with van der Waals surface area (Å²) < 4.78 is 7.48. The molecular formula is C19H27N5O3. The van der Waals surface area contributed by atoms with Crippen molar-refractivity contribution in [2.24, 2.45) is 0 Å². The van der Waals surface area contributed by atoms with Crippen LogP contribution in [0.25, 0.3) is 0 Å². The standard InChI is InChI=1S/C19H27N5O3/c1-14-11-22-24(12-14)8-3-6-20-18(25)10-17-19(26)21-7-9-23(17)13-16-5-4-15(2)27-16/h4-5,11-12,17H,3,6-10,13H2,1-2H3,(H,20,25)(H,21,26)/t17-/m1/s1. The largest absolute Gasteiger partial charge is 0.465 e. The van der Waals surface area contributed by atoms with Gasteiger partial charge in [-0.15, -0.1) is 0 Å². The number of hydrogen-bond acceptors (Lipinski definition) is 5. The molecule has 1 aliphatic heterocycles. The van der Waals surface area contributed by atoms with E-state index in [0.717, 1.165) is 30.0 Å². The van der Waals surface area contributed by atoms with Crippen LogP contribution in [0.4, 0.5) is 0 Å². The Morgan fingerprint density at radius 1 is 1.41 bits per heavy atom. The number of aryl methyl sites for hydroxylation is 3. The van der Waals surface area contributed by atoms with Gasteiger partial charge in [0, 0.05) is 32.4 Å². The van der Waals surface area contributed by atoms with E-state index in [2.05, 4.69) is 15.7 Å². The lowest BCUT2D eigenvalue weighted by Gasteiger charge is -2.34. The monoisotopic (exact) mass is 373 g/mol. The number of amides is 2. The highest BCUT2D eigenvalue weighted by atomic mass is 16.3. The Hall–Kier alpha value is -2.61. The van der Waals surface area contributed by atoms with Gasteiger partial charge in [-0.25, -0.2) is 0 Å². The molecule has 0 saturated carbocycles. The van der Waals surface area contributed by atoms with Gasteiger partial charge in [0.1, 0.15) is 11.5 Å². The van der Waals surface area contributed by atoms with Gasteiger partial charge in [-0.1, -0.05) is 0 Å². The second kappa shape index (κ2) is 8.85. The molecule has 8 heteroatoms. The van der Waals surface area contributed by atoms with Gasteiger partial charge in [0.15, 0.2) is 0 Å². The van der Waals surface area contributed by atoms with Crippen LogP contribution in [0.1, 0.15) is 29.9 Å². The average molecular weight is 373 g/mol. The quantitative estimate of drug-likeness (QED) is 0.673. The maximum absolute atomic E-state index is 12.3. The van der Waals surface area contributed by atoms with Crippen LogP contribution in [0.15, 0.2) is 28.9 Å². The van der Waals surface area contributed by atoms with E-state index in [1.54, 1.807) is 0 Å². The first-order chi connectivity index (χ1) is 13.0. The van der Waals surface area contributed by atoms with Crippen molar-refractivity contribution in [3.63, 3.8) is 0 Å². The Morgan fingerprint density at radius 2 is 2.26 bits per heavy atom. The number of nitrogens with zero attached hydrogens (tertiary/aromatic N) is 3. The Balaban J connectivity index is 1.46. The molecule has 146 valence electrons. The zero-order valence-corrected chi connectivity index (χ0v) is 15.9. The van der Waals surface area contributed by atoms with Gasteiger partial charge in [0.2, 0.25) is 11.8 Å². The summed E-state index contributed by atoms with van der Waals surface area (Å²) in [6.45, 7) is 7.00. The summed E-state index contributed by atoms with van der Waals surface area (Å²) in [6.07, 6.45) is 4.73. The highest BCUT2D eigenvalue weighted by Crippen LogP contribution is 2.15. The van der Waals surface area contributed by atoms with Crippen LogP contribution in [-0.2, 0) is 22.7 Å². The van der Waals surface area contributed by atoms with Crippen LogP contribution in [0.5, 0.6) is 0 Å². The third-order valence-corrected chi connectivity index (χ3v) is 4.62. The zero-order chi connectivity index (χ0) is 19.2. The molecule has 0 bridgehead atoms. The minimum Gasteiger partial charge on any atom is -0.465 e. The summed E-state index contributed by atoms with van der Waals surface area (Å²) in [5.74, 6) is 1.43. The first-order valence-electron chi connectivity index (χ1n) is 9.34. The van der Waals surface area contributed by atoms with Gasteiger partial charge >= 0.3 is 0 Å². The fourth-order valence-corrected chi connectivity index (χ4v) is 3.25. The van der Waals surface area contributed by atoms with Gasteiger partial charge in [-0.3, -0.25) is 19.2 Å². The molecular weight excluding hydrogens is 346 g/mol. The summed E-state index contributed by atoms with van der Waals surface area (Å²) in [6, 6.07) is 3.34. The molecule has 2 amide bonds. The molecule has 0 unspecified atom stereocenters. The van der Waals surface area contributed by atoms with Crippen molar-refractivity contribution in [3.05, 3.63) is 41.6 Å². The predicted octanol–water partition coefficient (Wildman–Crippen LogP) is 0.990. The van der Waals surface area contributed by atoms with Crippen LogP contribution in [0.2, 0.25) is 0 Å². The third-order valence-electron chi connectivity index (χ3n) is 4.62. The summed E-state index contributed by atoms with van der Waals surface area (Å²) in [4.78, 5) is 26.6. The number of piperazine rings is 1. The number of rotatable bonds is 8. The predicted molar refractivity (Wildman–Crippen MR) is 99.9 cm³/mol. The molecule has 0 radical (unpaired) electrons. The SMILES string of the molecule is Cc1cnn(CCCNC(=O)C[C@@H]2C(=O)NCCN2Cc2ccc(C)o2)c1. The number of aromatic nitrogens is 2. The molecule has 1 aliphatic rings. The second-order valence-corrected chi connectivity index (χ2v) is 6.98. The first-order valence-corrected chi connectivity index (χ1v) is 9.34. The highest BCUT2D eigenvalue weighted by molar-refractivity contribution is 5.88. The van der Waals surface area contributed by atoms with Crippen molar-refractivity contribution in [2.45, 2.75) is 45.8 Å². The van der Waals surface area contributed by atoms with Crippen LogP contribution in [0, 0.1) is 13.8 Å². The summed E-state index contributed by atoms with van der Waals surface area (Å²) >= 11 is 0. The van der Waals surface area contributed by atoms with E-state index in [9.17, 15) is 9.59 Å². The Kier molecular flexibility index (Phi) is 6.28. The van der Waals surface area contributed by atoms with Crippen molar-refractivity contribution in [2.75, 3.05) is 19.6 Å². The molecule has 0 spiro atoms. The minimum absolute atomic E-state index is 0.105. The molecule has 8 nitrogen and oxygen atoms in total. The lowest BCUT2D eigenvalue weighted by molar-refractivity contribution is -0.134. The van der Waals surface area contributed by atoms with E-state index in [4.69, 9.17) is 4.42 Å². The molecule has 2 aromatic heterocycles. The van der Waals surface area contributed by atoms with Crippen molar-refractivity contribution in [3.8, 4) is 0 Å². The van der Waals surface area contributed by atoms with E-state index in [1.165, 1.54) is 0 Å². The third kappa shape index (κ3) is 5.43. The Morgan fingerprint density at radius 3 is 2.96 bits per heavy atom. The van der Waals surface area contributed by atoms with Crippen molar-refractivity contribution in [1.82, 2.24) is 25.3 Å². The molecule has 2 N–H and O–H groups in total. The van der Waals surface area contributed by atoms with Gasteiger partial charge in [-0.05, 0) is 38.0 Å². The van der Waals surface area contributed by atoms with E-state index in [0.29, 0.717) is 26.2 Å². The highest BCUT2D eigenvalue weighted by Gasteiger charge is 2.32. The lowest BCUT2D eigenvalue weighted by Crippen LogP contribution is -2.56. The van der Waals surface area contributed by atoms with Crippen LogP contribution in [-0.4, -0.2) is 52.2 Å². The maximum atomic E-state index is 12.3. The summed E-state index contributed by atoms with van der Waals surface area (Å²) in [7, 11) is 0. The van der Waals surface area contributed by atoms with Crippen LogP contribution < -0.4 is 10.6 Å². The number of carbonyl (C=O) groups is 2. The number of nitrogens with one attached hydrogen (secondary N) is 2. The minimum atomic E-state index is -0.474. The Bertz CT molecular complexity index is 782. The van der Waals surface area contributed by atoms with Gasteiger partial charge in [0.05, 0.1) is 25.2 Å². The van der Waals surface area contributed by atoms with Crippen LogP contribution >= 0.6 is 0 Å². The molecule has 1 saturated heterocycles. The van der Waals surface area contributed by atoms with E-state index < -0.39 is 6.04 Å². The molecule has 3 rings (SSSR count). The smallest absolute Gasteiger partial charge is 0.237 e. The fourth-order valence-electron chi connectivity index (χ4n) is 3.25. The van der Waals surface area contributed by atoms with Crippen molar-refractivity contribution < 1.29 is 14.0 Å². The average Bonchev–Trinajstić information content (AvgIpc) is 3.23. The summed E-state index contributed by atoms with van der Waals surface area (Å²) in [5, 5.41) is 9.98. The topological polar surface area (TPSA) is 92.4 Å². The molecule has 1 atom stereocenters. The normalized spacial score (nSPS) is 17.7. The number of carbonyl (C=O) groups excluding carboxylic acids is 2. The maximum Gasteiger partial charge on any atom is 0.237 e. The molecule has 1 fully saturated rings.